The van der Waals surface area contributed by atoms with Crippen LogP contribution in [0.3, 0.4) is 0 Å². The van der Waals surface area contributed by atoms with Gasteiger partial charge in [0.15, 0.2) is 0 Å². The molecule has 33 heavy (non-hydrogen) atoms. The first-order valence-corrected chi connectivity index (χ1v) is 10.8. The second-order valence-electron chi connectivity index (χ2n) is 7.58. The van der Waals surface area contributed by atoms with Gasteiger partial charge in [-0.25, -0.2) is 10.4 Å². The molecule has 166 valence electrons. The topological polar surface area (TPSA) is 68.5 Å². The minimum atomic E-state index is -0.156. The smallest absolute Gasteiger partial charge is 0.241 e. The molecule has 6 heteroatoms. The highest BCUT2D eigenvalue weighted by molar-refractivity contribution is 5.99. The summed E-state index contributed by atoms with van der Waals surface area (Å²) in [5.74, 6) is 0.622. The van der Waals surface area contributed by atoms with Crippen LogP contribution >= 0.6 is 0 Å². The number of nitrogens with one attached hydrogen (secondary N) is 1. The molecule has 0 atom stereocenters. The number of rotatable bonds is 8. The van der Waals surface area contributed by atoms with Crippen LogP contribution in [-0.4, -0.2) is 28.3 Å². The van der Waals surface area contributed by atoms with Gasteiger partial charge in [0.1, 0.15) is 5.75 Å². The lowest BCUT2D eigenvalue weighted by molar-refractivity contribution is -0.121. The molecule has 1 aromatic heterocycles. The van der Waals surface area contributed by atoms with Crippen molar-refractivity contribution in [2.24, 2.45) is 5.10 Å². The van der Waals surface area contributed by atoms with E-state index < -0.39 is 0 Å². The Balaban J connectivity index is 1.48. The standard InChI is InChI=1S/C27H26N4O2/c1-20(21-13-15-24(33-2)16-14-21)29-30-25(32)17-18-31-19-28-26(22-9-5-3-6-10-22)27(31)23-11-7-4-8-12-23/h3-16,19H,17-18H2,1-2H3,(H,30,32)/b29-20-. The van der Waals surface area contributed by atoms with Crippen LogP contribution in [0.25, 0.3) is 22.5 Å². The molecule has 0 saturated heterocycles. The number of nitrogens with zero attached hydrogens (tertiary/aromatic N) is 3. The van der Waals surface area contributed by atoms with Crippen molar-refractivity contribution >= 4 is 11.6 Å². The Morgan fingerprint density at radius 2 is 1.58 bits per heavy atom. The van der Waals surface area contributed by atoms with Crippen molar-refractivity contribution in [2.75, 3.05) is 7.11 Å². The Labute approximate surface area is 193 Å². The number of imidazole rings is 1. The van der Waals surface area contributed by atoms with Gasteiger partial charge in [-0.3, -0.25) is 4.79 Å². The summed E-state index contributed by atoms with van der Waals surface area (Å²) >= 11 is 0. The Morgan fingerprint density at radius 1 is 0.939 bits per heavy atom. The van der Waals surface area contributed by atoms with Gasteiger partial charge in [0.05, 0.1) is 30.5 Å². The van der Waals surface area contributed by atoms with Gasteiger partial charge in [-0.1, -0.05) is 60.7 Å². The van der Waals surface area contributed by atoms with Gasteiger partial charge in [-0.15, -0.1) is 0 Å². The molecule has 0 radical (unpaired) electrons. The minimum absolute atomic E-state index is 0.156. The third kappa shape index (κ3) is 5.36. The minimum Gasteiger partial charge on any atom is -0.497 e. The number of hydrazone groups is 1. The maximum absolute atomic E-state index is 12.5. The molecule has 0 bridgehead atoms. The van der Waals surface area contributed by atoms with Gasteiger partial charge >= 0.3 is 0 Å². The highest BCUT2D eigenvalue weighted by Gasteiger charge is 2.15. The summed E-state index contributed by atoms with van der Waals surface area (Å²) in [6, 6.07) is 27.7. The molecule has 4 aromatic rings. The van der Waals surface area contributed by atoms with E-state index in [1.165, 1.54) is 0 Å². The van der Waals surface area contributed by atoms with Crippen LogP contribution in [0.1, 0.15) is 18.9 Å². The van der Waals surface area contributed by atoms with Gasteiger partial charge < -0.3 is 9.30 Å². The van der Waals surface area contributed by atoms with Gasteiger partial charge in [0.2, 0.25) is 5.91 Å². The predicted molar refractivity (Wildman–Crippen MR) is 131 cm³/mol. The fraction of sp³-hybridized carbons (Fsp3) is 0.148. The first-order valence-electron chi connectivity index (χ1n) is 10.8. The molecule has 3 aromatic carbocycles. The van der Waals surface area contributed by atoms with Crippen molar-refractivity contribution in [1.82, 2.24) is 15.0 Å². The van der Waals surface area contributed by atoms with E-state index in [0.29, 0.717) is 6.54 Å². The number of carbonyl (C=O) groups excluding carboxylic acids is 1. The molecule has 0 aliphatic heterocycles. The van der Waals surface area contributed by atoms with E-state index in [1.807, 2.05) is 84.3 Å². The average molecular weight is 439 g/mol. The summed E-state index contributed by atoms with van der Waals surface area (Å²) in [5, 5.41) is 4.25. The van der Waals surface area contributed by atoms with Crippen LogP contribution in [0, 0.1) is 0 Å². The maximum atomic E-state index is 12.5. The van der Waals surface area contributed by atoms with Crippen molar-refractivity contribution < 1.29 is 9.53 Å². The average Bonchev–Trinajstić information content (AvgIpc) is 3.31. The fourth-order valence-electron chi connectivity index (χ4n) is 3.58. The molecule has 0 fully saturated rings. The molecule has 0 aliphatic rings. The van der Waals surface area contributed by atoms with E-state index >= 15 is 0 Å². The van der Waals surface area contributed by atoms with Crippen molar-refractivity contribution in [3.8, 4) is 28.3 Å². The number of methoxy groups -OCH3 is 1. The second kappa shape index (κ2) is 10.4. The van der Waals surface area contributed by atoms with Crippen LogP contribution < -0.4 is 10.2 Å². The zero-order valence-corrected chi connectivity index (χ0v) is 18.7. The Hall–Kier alpha value is -4.19. The number of benzene rings is 3. The first kappa shape index (κ1) is 22.0. The van der Waals surface area contributed by atoms with Crippen molar-refractivity contribution in [3.63, 3.8) is 0 Å². The third-order valence-electron chi connectivity index (χ3n) is 5.37. The number of amides is 1. The second-order valence-corrected chi connectivity index (χ2v) is 7.58. The SMILES string of the molecule is COc1ccc(/C(C)=N\NC(=O)CCn2cnc(-c3ccccc3)c2-c2ccccc2)cc1. The molecule has 0 unspecified atom stereocenters. The third-order valence-corrected chi connectivity index (χ3v) is 5.37. The number of carbonyl (C=O) groups is 1. The predicted octanol–water partition coefficient (Wildman–Crippen LogP) is 5.16. The van der Waals surface area contributed by atoms with E-state index in [-0.39, 0.29) is 12.3 Å². The van der Waals surface area contributed by atoms with Crippen molar-refractivity contribution in [1.29, 1.82) is 0 Å². The number of ether oxygens (including phenoxy) is 1. The van der Waals surface area contributed by atoms with Crippen molar-refractivity contribution in [3.05, 3.63) is 96.8 Å². The molecule has 4 rings (SSSR count). The lowest BCUT2D eigenvalue weighted by Gasteiger charge is -2.10. The zero-order chi connectivity index (χ0) is 23.0. The Kier molecular flexibility index (Phi) is 6.95. The molecule has 1 amide bonds. The van der Waals surface area contributed by atoms with Crippen LogP contribution in [-0.2, 0) is 11.3 Å². The highest BCUT2D eigenvalue weighted by Crippen LogP contribution is 2.31. The van der Waals surface area contributed by atoms with Crippen LogP contribution in [0.4, 0.5) is 0 Å². The van der Waals surface area contributed by atoms with Crippen LogP contribution in [0.2, 0.25) is 0 Å². The maximum Gasteiger partial charge on any atom is 0.241 e. The molecule has 0 spiro atoms. The number of aromatic nitrogens is 2. The number of aryl methyl sites for hydroxylation is 1. The molecule has 6 nitrogen and oxygen atoms in total. The molecular weight excluding hydrogens is 412 g/mol. The van der Waals surface area contributed by atoms with Crippen LogP contribution in [0.5, 0.6) is 5.75 Å². The van der Waals surface area contributed by atoms with E-state index in [0.717, 1.165) is 39.5 Å². The van der Waals surface area contributed by atoms with Gasteiger partial charge in [0, 0.05) is 24.1 Å². The van der Waals surface area contributed by atoms with E-state index in [9.17, 15) is 4.79 Å². The van der Waals surface area contributed by atoms with E-state index in [2.05, 4.69) is 27.6 Å². The first-order chi connectivity index (χ1) is 16.2. The van der Waals surface area contributed by atoms with Gasteiger partial charge in [-0.2, -0.15) is 5.10 Å². The molecule has 1 N–H and O–H groups in total. The fourth-order valence-corrected chi connectivity index (χ4v) is 3.58. The summed E-state index contributed by atoms with van der Waals surface area (Å²) in [7, 11) is 1.63. The zero-order valence-electron chi connectivity index (χ0n) is 18.7. The molecule has 0 aliphatic carbocycles. The largest absolute Gasteiger partial charge is 0.497 e. The van der Waals surface area contributed by atoms with E-state index in [4.69, 9.17) is 4.74 Å². The number of hydrogen-bond acceptors (Lipinski definition) is 4. The Bertz CT molecular complexity index is 1230. The van der Waals surface area contributed by atoms with Gasteiger partial charge in [0.25, 0.3) is 0 Å². The lowest BCUT2D eigenvalue weighted by Crippen LogP contribution is -2.20. The highest BCUT2D eigenvalue weighted by atomic mass is 16.5. The molecular formula is C27H26N4O2. The van der Waals surface area contributed by atoms with E-state index in [1.54, 1.807) is 13.4 Å². The summed E-state index contributed by atoms with van der Waals surface area (Å²) in [5.41, 5.74) is 8.30. The summed E-state index contributed by atoms with van der Waals surface area (Å²) in [4.78, 5) is 17.2. The van der Waals surface area contributed by atoms with Crippen molar-refractivity contribution in [2.45, 2.75) is 19.9 Å². The normalized spacial score (nSPS) is 11.3. The quantitative estimate of drug-likeness (QED) is 0.305. The molecule has 1 heterocycles. The summed E-state index contributed by atoms with van der Waals surface area (Å²) in [6.07, 6.45) is 2.08. The number of hydrogen-bond donors (Lipinski definition) is 1. The lowest BCUT2D eigenvalue weighted by atomic mass is 10.0. The molecule has 0 saturated carbocycles. The van der Waals surface area contributed by atoms with Crippen LogP contribution in [0.15, 0.2) is 96.4 Å². The Morgan fingerprint density at radius 3 is 2.21 bits per heavy atom. The monoisotopic (exact) mass is 438 g/mol. The summed E-state index contributed by atoms with van der Waals surface area (Å²) in [6.45, 7) is 2.35. The van der Waals surface area contributed by atoms with Gasteiger partial charge in [-0.05, 0) is 36.8 Å². The summed E-state index contributed by atoms with van der Waals surface area (Å²) < 4.78 is 7.20.